The predicted octanol–water partition coefficient (Wildman–Crippen LogP) is 5.02. The van der Waals surface area contributed by atoms with Crippen LogP contribution in [0.15, 0.2) is 22.5 Å². The lowest BCUT2D eigenvalue weighted by Gasteiger charge is -2.32. The minimum Gasteiger partial charge on any atom is -0.0879 e. The number of allylic oxidation sites excluding steroid dienone is 4. The molecule has 2 bridgehead atoms. The Hall–Kier alpha value is -0.0862. The van der Waals surface area contributed by atoms with E-state index in [1.54, 1.807) is 0 Å². The Kier molecular flexibility index (Phi) is 3.32. The first-order chi connectivity index (χ1) is 7.71. The molecule has 0 aromatic rings. The second-order valence-corrected chi connectivity index (χ2v) is 18.0. The molecule has 0 N–H and O–H groups in total. The van der Waals surface area contributed by atoms with Crippen LogP contribution in [0.4, 0.5) is 0 Å². The van der Waals surface area contributed by atoms with Crippen LogP contribution in [-0.2, 0) is 0 Å². The number of rotatable bonds is 2. The van der Waals surface area contributed by atoms with Crippen LogP contribution in [0.3, 0.4) is 0 Å². The van der Waals surface area contributed by atoms with Crippen LogP contribution in [0.1, 0.15) is 19.3 Å². The average Bonchev–Trinajstić information content (AvgIpc) is 2.30. The first-order valence-corrected chi connectivity index (χ1v) is 14.1. The van der Waals surface area contributed by atoms with E-state index in [2.05, 4.69) is 51.4 Å². The Labute approximate surface area is 109 Å². The summed E-state index contributed by atoms with van der Waals surface area (Å²) in [6, 6.07) is 0. The third-order valence-electron chi connectivity index (χ3n) is 4.30. The van der Waals surface area contributed by atoms with Crippen LogP contribution in [0, 0.1) is 11.8 Å². The summed E-state index contributed by atoms with van der Waals surface area (Å²) in [6.07, 6.45) is 9.01. The summed E-state index contributed by atoms with van der Waals surface area (Å²) in [5, 5.41) is 3.96. The third kappa shape index (κ3) is 2.53. The summed E-state index contributed by atoms with van der Waals surface area (Å²) in [5.74, 6) is 1.82. The lowest BCUT2D eigenvalue weighted by Crippen LogP contribution is -2.35. The number of fused-ring (bicyclic) bond motifs is 2. The van der Waals surface area contributed by atoms with Gasteiger partial charge in [0.15, 0.2) is 0 Å². The quantitative estimate of drug-likeness (QED) is 0.485. The monoisotopic (exact) mass is 264 g/mol. The fraction of sp³-hybridized carbons (Fsp3) is 0.733. The van der Waals surface area contributed by atoms with E-state index in [4.69, 9.17) is 0 Å². The van der Waals surface area contributed by atoms with E-state index >= 15 is 0 Å². The Morgan fingerprint density at radius 3 is 1.41 bits per heavy atom. The lowest BCUT2D eigenvalue weighted by molar-refractivity contribution is 0.536. The molecule has 0 amide bonds. The fourth-order valence-corrected chi connectivity index (χ4v) is 11.2. The summed E-state index contributed by atoms with van der Waals surface area (Å²) >= 11 is 0. The Morgan fingerprint density at radius 1 is 0.765 bits per heavy atom. The molecule has 0 fully saturated rings. The first kappa shape index (κ1) is 13.3. The first-order valence-electron chi connectivity index (χ1n) is 7.11. The van der Waals surface area contributed by atoms with Crippen LogP contribution in [0.25, 0.3) is 0 Å². The van der Waals surface area contributed by atoms with Crippen molar-refractivity contribution in [3.8, 4) is 0 Å². The zero-order valence-corrected chi connectivity index (χ0v) is 14.4. The maximum Gasteiger partial charge on any atom is 0.0722 e. The highest BCUT2D eigenvalue weighted by molar-refractivity contribution is 6.89. The van der Waals surface area contributed by atoms with Gasteiger partial charge in [0.2, 0.25) is 0 Å². The van der Waals surface area contributed by atoms with Crippen molar-refractivity contribution in [3.05, 3.63) is 22.5 Å². The highest BCUT2D eigenvalue weighted by Gasteiger charge is 2.43. The molecular formula is C15H28Si2. The second kappa shape index (κ2) is 4.23. The molecule has 0 saturated carbocycles. The van der Waals surface area contributed by atoms with Gasteiger partial charge in [-0.05, 0) is 31.1 Å². The van der Waals surface area contributed by atoms with Gasteiger partial charge < -0.3 is 0 Å². The normalized spacial score (nSPS) is 29.8. The van der Waals surface area contributed by atoms with Crippen LogP contribution >= 0.6 is 0 Å². The van der Waals surface area contributed by atoms with Gasteiger partial charge in [-0.15, -0.1) is 0 Å². The van der Waals surface area contributed by atoms with Crippen molar-refractivity contribution in [2.45, 2.75) is 58.5 Å². The van der Waals surface area contributed by atoms with Gasteiger partial charge in [-0.3, -0.25) is 0 Å². The van der Waals surface area contributed by atoms with Gasteiger partial charge in [-0.25, -0.2) is 0 Å². The van der Waals surface area contributed by atoms with E-state index in [1.807, 2.05) is 10.4 Å². The minimum absolute atomic E-state index is 0.909. The van der Waals surface area contributed by atoms with Crippen molar-refractivity contribution in [1.29, 1.82) is 0 Å². The molecule has 0 aromatic heterocycles. The van der Waals surface area contributed by atoms with E-state index in [1.165, 1.54) is 19.3 Å². The topological polar surface area (TPSA) is 0 Å². The summed E-state index contributed by atoms with van der Waals surface area (Å²) in [7, 11) is -2.25. The molecular weight excluding hydrogens is 236 g/mol. The van der Waals surface area contributed by atoms with Crippen LogP contribution < -0.4 is 0 Å². The number of hydrogen-bond donors (Lipinski definition) is 0. The molecule has 0 spiro atoms. The van der Waals surface area contributed by atoms with Gasteiger partial charge in [0.1, 0.15) is 0 Å². The van der Waals surface area contributed by atoms with Crippen molar-refractivity contribution in [2.24, 2.45) is 11.8 Å². The van der Waals surface area contributed by atoms with E-state index in [0.29, 0.717) is 0 Å². The molecule has 2 aliphatic rings. The molecule has 0 unspecified atom stereocenters. The molecule has 96 valence electrons. The predicted molar refractivity (Wildman–Crippen MR) is 83.7 cm³/mol. The van der Waals surface area contributed by atoms with Gasteiger partial charge in [0, 0.05) is 0 Å². The van der Waals surface area contributed by atoms with Gasteiger partial charge in [-0.1, -0.05) is 61.8 Å². The Balaban J connectivity index is 2.52. The van der Waals surface area contributed by atoms with Crippen LogP contribution in [0.2, 0.25) is 39.3 Å². The zero-order chi connectivity index (χ0) is 12.8. The molecule has 2 heteroatoms. The SMILES string of the molecule is C[Si](C)(C)C1=C([Si](C)(C)C)[C@H]2CC=CC[C@@H]1C2. The van der Waals surface area contributed by atoms with Crippen molar-refractivity contribution in [2.75, 3.05) is 0 Å². The van der Waals surface area contributed by atoms with E-state index in [9.17, 15) is 0 Å². The van der Waals surface area contributed by atoms with E-state index in [-0.39, 0.29) is 0 Å². The molecule has 0 nitrogen and oxygen atoms in total. The summed E-state index contributed by atoms with van der Waals surface area (Å²) in [4.78, 5) is 0. The maximum atomic E-state index is 2.56. The van der Waals surface area contributed by atoms with Gasteiger partial charge in [0.05, 0.1) is 16.1 Å². The fourth-order valence-electron chi connectivity index (χ4n) is 4.00. The van der Waals surface area contributed by atoms with Crippen molar-refractivity contribution < 1.29 is 0 Å². The van der Waals surface area contributed by atoms with Gasteiger partial charge >= 0.3 is 0 Å². The molecule has 0 heterocycles. The smallest absolute Gasteiger partial charge is 0.0722 e. The zero-order valence-electron chi connectivity index (χ0n) is 12.4. The molecule has 0 radical (unpaired) electrons. The Morgan fingerprint density at radius 2 is 1.12 bits per heavy atom. The van der Waals surface area contributed by atoms with Crippen molar-refractivity contribution in [1.82, 2.24) is 0 Å². The molecule has 2 atom stereocenters. The molecule has 2 aliphatic carbocycles. The minimum atomic E-state index is -1.12. The van der Waals surface area contributed by atoms with E-state index in [0.717, 1.165) is 11.8 Å². The van der Waals surface area contributed by atoms with Crippen LogP contribution in [0.5, 0.6) is 0 Å². The van der Waals surface area contributed by atoms with Crippen molar-refractivity contribution in [3.63, 3.8) is 0 Å². The third-order valence-corrected chi connectivity index (χ3v) is 9.14. The highest BCUT2D eigenvalue weighted by Crippen LogP contribution is 2.49. The molecule has 0 saturated heterocycles. The average molecular weight is 265 g/mol. The molecule has 2 rings (SSSR count). The maximum absolute atomic E-state index is 2.56. The summed E-state index contributed by atoms with van der Waals surface area (Å²) < 4.78 is 0. The standard InChI is InChI=1S/C15H28Si2/c1-16(2,3)14-12-9-7-8-10-13(11-12)15(14)17(4,5)6/h7-8,12-13H,9-11H2,1-6H3/t12-,13+. The van der Waals surface area contributed by atoms with Gasteiger partial charge in [-0.2, -0.15) is 0 Å². The van der Waals surface area contributed by atoms with Crippen molar-refractivity contribution >= 4 is 16.1 Å². The van der Waals surface area contributed by atoms with Gasteiger partial charge in [0.25, 0.3) is 0 Å². The number of hydrogen-bond acceptors (Lipinski definition) is 0. The highest BCUT2D eigenvalue weighted by atomic mass is 28.3. The summed E-state index contributed by atoms with van der Waals surface area (Å²) in [5.41, 5.74) is 0. The van der Waals surface area contributed by atoms with Crippen LogP contribution in [-0.4, -0.2) is 16.1 Å². The molecule has 0 aromatic carbocycles. The Bertz CT molecular complexity index is 329. The summed E-state index contributed by atoms with van der Waals surface area (Å²) in [6.45, 7) is 15.4. The lowest BCUT2D eigenvalue weighted by atomic mass is 10.0. The molecule has 17 heavy (non-hydrogen) atoms. The van der Waals surface area contributed by atoms with E-state index < -0.39 is 16.1 Å². The molecule has 0 aliphatic heterocycles. The second-order valence-electron chi connectivity index (χ2n) is 7.90. The largest absolute Gasteiger partial charge is 0.0879 e.